The molecule has 2 rings (SSSR count). The van der Waals surface area contributed by atoms with Gasteiger partial charge in [0.15, 0.2) is 0 Å². The summed E-state index contributed by atoms with van der Waals surface area (Å²) in [5, 5.41) is 4.00. The number of nitrogens with zero attached hydrogens (tertiary/aromatic N) is 2. The lowest BCUT2D eigenvalue weighted by molar-refractivity contribution is -0.142. The Kier molecular flexibility index (Phi) is 4.08. The maximum Gasteiger partial charge on any atom is 0.328 e. The SMILES string of the molecule is COC(=O)C(Nc1nc(N)nc2sc(C)cc12)C(C)C. The number of ether oxygens (including phenoxy) is 1. The first-order valence-electron chi connectivity index (χ1n) is 6.30. The van der Waals surface area contributed by atoms with E-state index in [9.17, 15) is 4.79 Å². The number of nitrogen functional groups attached to an aromatic ring is 1. The molecule has 0 aromatic carbocycles. The second kappa shape index (κ2) is 5.62. The molecule has 3 N–H and O–H groups in total. The van der Waals surface area contributed by atoms with Gasteiger partial charge in [-0.25, -0.2) is 9.78 Å². The predicted octanol–water partition coefficient (Wildman–Crippen LogP) is 2.19. The standard InChI is InChI=1S/C13H18N4O2S/c1-6(2)9(12(18)19-4)15-10-8-5-7(3)20-11(8)17-13(14)16-10/h5-6,9H,1-4H3,(H3,14,15,16,17). The maximum atomic E-state index is 11.8. The second-order valence-corrected chi connectivity index (χ2v) is 6.13. The molecule has 7 heteroatoms. The molecule has 0 bridgehead atoms. The summed E-state index contributed by atoms with van der Waals surface area (Å²) in [7, 11) is 1.37. The molecule has 0 spiro atoms. The van der Waals surface area contributed by atoms with Gasteiger partial charge in [0, 0.05) is 4.88 Å². The molecule has 0 aliphatic carbocycles. The number of rotatable bonds is 4. The first-order valence-corrected chi connectivity index (χ1v) is 7.12. The van der Waals surface area contributed by atoms with E-state index < -0.39 is 6.04 Å². The van der Waals surface area contributed by atoms with E-state index >= 15 is 0 Å². The van der Waals surface area contributed by atoms with Crippen LogP contribution >= 0.6 is 11.3 Å². The molecule has 6 nitrogen and oxygen atoms in total. The van der Waals surface area contributed by atoms with Gasteiger partial charge in [-0.05, 0) is 18.9 Å². The van der Waals surface area contributed by atoms with E-state index in [0.717, 1.165) is 15.1 Å². The van der Waals surface area contributed by atoms with Gasteiger partial charge in [-0.3, -0.25) is 0 Å². The van der Waals surface area contributed by atoms with Crippen LogP contribution in [0.1, 0.15) is 18.7 Å². The van der Waals surface area contributed by atoms with Crippen LogP contribution in [0.5, 0.6) is 0 Å². The van der Waals surface area contributed by atoms with Gasteiger partial charge in [-0.15, -0.1) is 11.3 Å². The van der Waals surface area contributed by atoms with Gasteiger partial charge in [-0.2, -0.15) is 4.98 Å². The van der Waals surface area contributed by atoms with Crippen molar-refractivity contribution in [3.8, 4) is 0 Å². The highest BCUT2D eigenvalue weighted by molar-refractivity contribution is 7.18. The van der Waals surface area contributed by atoms with Crippen molar-refractivity contribution in [2.45, 2.75) is 26.8 Å². The molecule has 2 aromatic heterocycles. The van der Waals surface area contributed by atoms with Crippen LogP contribution in [-0.2, 0) is 9.53 Å². The van der Waals surface area contributed by atoms with Gasteiger partial charge in [-0.1, -0.05) is 13.8 Å². The molecule has 1 atom stereocenters. The third-order valence-electron chi connectivity index (χ3n) is 2.95. The van der Waals surface area contributed by atoms with Crippen molar-refractivity contribution in [3.05, 3.63) is 10.9 Å². The number of hydrogen-bond acceptors (Lipinski definition) is 7. The van der Waals surface area contributed by atoms with Crippen LogP contribution < -0.4 is 11.1 Å². The summed E-state index contributed by atoms with van der Waals surface area (Å²) in [6.07, 6.45) is 0. The number of fused-ring (bicyclic) bond motifs is 1. The lowest BCUT2D eigenvalue weighted by Gasteiger charge is -2.20. The van der Waals surface area contributed by atoms with Gasteiger partial charge in [0.1, 0.15) is 16.7 Å². The van der Waals surface area contributed by atoms with Gasteiger partial charge < -0.3 is 15.8 Å². The molecule has 0 saturated heterocycles. The van der Waals surface area contributed by atoms with Gasteiger partial charge in [0.2, 0.25) is 5.95 Å². The number of methoxy groups -OCH3 is 1. The first kappa shape index (κ1) is 14.5. The minimum atomic E-state index is -0.474. The Hall–Kier alpha value is -1.89. The molecule has 1 unspecified atom stereocenters. The van der Waals surface area contributed by atoms with Crippen LogP contribution in [-0.4, -0.2) is 29.1 Å². The number of nitrogens with two attached hydrogens (primary N) is 1. The summed E-state index contributed by atoms with van der Waals surface area (Å²) in [6, 6.07) is 1.51. The summed E-state index contributed by atoms with van der Waals surface area (Å²) in [5.74, 6) is 0.501. The van der Waals surface area contributed by atoms with Crippen molar-refractivity contribution < 1.29 is 9.53 Å². The van der Waals surface area contributed by atoms with E-state index in [4.69, 9.17) is 10.5 Å². The van der Waals surface area contributed by atoms with Crippen LogP contribution in [0, 0.1) is 12.8 Å². The van der Waals surface area contributed by atoms with Gasteiger partial charge in [0.25, 0.3) is 0 Å². The van der Waals surface area contributed by atoms with E-state index in [1.807, 2.05) is 26.8 Å². The van der Waals surface area contributed by atoms with Crippen molar-refractivity contribution in [1.29, 1.82) is 0 Å². The molecule has 0 fully saturated rings. The number of aryl methyl sites for hydroxylation is 1. The summed E-state index contributed by atoms with van der Waals surface area (Å²) < 4.78 is 4.82. The number of thiophene rings is 1. The van der Waals surface area contributed by atoms with Crippen LogP contribution in [0.3, 0.4) is 0 Å². The maximum absolute atomic E-state index is 11.8. The van der Waals surface area contributed by atoms with Gasteiger partial charge in [0.05, 0.1) is 12.5 Å². The lowest BCUT2D eigenvalue weighted by Crippen LogP contribution is -2.35. The van der Waals surface area contributed by atoms with Crippen LogP contribution in [0.25, 0.3) is 10.2 Å². The molecule has 0 aliphatic heterocycles. The van der Waals surface area contributed by atoms with Crippen molar-refractivity contribution in [2.75, 3.05) is 18.2 Å². The van der Waals surface area contributed by atoms with Crippen molar-refractivity contribution in [3.63, 3.8) is 0 Å². The van der Waals surface area contributed by atoms with Crippen LogP contribution in [0.15, 0.2) is 6.07 Å². The van der Waals surface area contributed by atoms with Crippen molar-refractivity contribution in [1.82, 2.24) is 9.97 Å². The molecule has 2 heterocycles. The minimum Gasteiger partial charge on any atom is -0.467 e. The highest BCUT2D eigenvalue weighted by atomic mass is 32.1. The Bertz CT molecular complexity index is 639. The molecule has 108 valence electrons. The molecule has 20 heavy (non-hydrogen) atoms. The highest BCUT2D eigenvalue weighted by Gasteiger charge is 2.24. The Morgan fingerprint density at radius 1 is 1.45 bits per heavy atom. The third kappa shape index (κ3) is 2.82. The molecular weight excluding hydrogens is 276 g/mol. The quantitative estimate of drug-likeness (QED) is 0.840. The van der Waals surface area contributed by atoms with Crippen molar-refractivity contribution in [2.24, 2.45) is 5.92 Å². The summed E-state index contributed by atoms with van der Waals surface area (Å²) in [5.41, 5.74) is 5.72. The van der Waals surface area contributed by atoms with Crippen LogP contribution in [0.2, 0.25) is 0 Å². The van der Waals surface area contributed by atoms with E-state index in [-0.39, 0.29) is 17.8 Å². The summed E-state index contributed by atoms with van der Waals surface area (Å²) in [4.78, 5) is 22.2. The number of esters is 1. The predicted molar refractivity (Wildman–Crippen MR) is 80.8 cm³/mol. The number of carbonyl (C=O) groups is 1. The fraction of sp³-hybridized carbons (Fsp3) is 0.462. The monoisotopic (exact) mass is 294 g/mol. The molecule has 0 saturated carbocycles. The molecule has 0 radical (unpaired) electrons. The second-order valence-electron chi connectivity index (χ2n) is 4.90. The zero-order valence-corrected chi connectivity index (χ0v) is 12.7. The Morgan fingerprint density at radius 2 is 2.15 bits per heavy atom. The van der Waals surface area contributed by atoms with E-state index in [0.29, 0.717) is 5.82 Å². The number of nitrogens with one attached hydrogen (secondary N) is 1. The Labute approximate surface area is 121 Å². The average molecular weight is 294 g/mol. The summed E-state index contributed by atoms with van der Waals surface area (Å²) >= 11 is 1.54. The molecule has 0 amide bonds. The highest BCUT2D eigenvalue weighted by Crippen LogP contribution is 2.29. The van der Waals surface area contributed by atoms with E-state index in [1.165, 1.54) is 7.11 Å². The zero-order valence-electron chi connectivity index (χ0n) is 11.9. The average Bonchev–Trinajstić information content (AvgIpc) is 2.74. The summed E-state index contributed by atoms with van der Waals surface area (Å²) in [6.45, 7) is 5.87. The van der Waals surface area contributed by atoms with Crippen LogP contribution in [0.4, 0.5) is 11.8 Å². The minimum absolute atomic E-state index is 0.0634. The number of hydrogen-bond donors (Lipinski definition) is 2. The third-order valence-corrected chi connectivity index (χ3v) is 3.89. The lowest BCUT2D eigenvalue weighted by atomic mass is 10.0. The smallest absolute Gasteiger partial charge is 0.328 e. The Balaban J connectivity index is 2.43. The normalized spacial score (nSPS) is 12.7. The van der Waals surface area contributed by atoms with E-state index in [2.05, 4.69) is 15.3 Å². The number of anilines is 2. The molecule has 0 aliphatic rings. The number of aromatic nitrogens is 2. The fourth-order valence-electron chi connectivity index (χ4n) is 1.94. The zero-order chi connectivity index (χ0) is 14.9. The Morgan fingerprint density at radius 3 is 2.75 bits per heavy atom. The van der Waals surface area contributed by atoms with Crippen molar-refractivity contribution >= 4 is 39.3 Å². The topological polar surface area (TPSA) is 90.1 Å². The number of carbonyl (C=O) groups excluding carboxylic acids is 1. The van der Waals surface area contributed by atoms with E-state index in [1.54, 1.807) is 11.3 Å². The first-order chi connectivity index (χ1) is 9.42. The van der Waals surface area contributed by atoms with Gasteiger partial charge >= 0.3 is 5.97 Å². The molecular formula is C13H18N4O2S. The largest absolute Gasteiger partial charge is 0.467 e. The fourth-order valence-corrected chi connectivity index (χ4v) is 2.83. The molecule has 2 aromatic rings.